The first kappa shape index (κ1) is 20.9. The Kier molecular flexibility index (Phi) is 5.80. The lowest BCUT2D eigenvalue weighted by Gasteiger charge is -2.32. The Morgan fingerprint density at radius 3 is 2.75 bits per heavy atom. The Hall–Kier alpha value is -2.97. The molecule has 0 unspecified atom stereocenters. The number of carbonyl (C=O) groups excluding carboxylic acids is 1. The lowest BCUT2D eigenvalue weighted by molar-refractivity contribution is -0.131. The fraction of sp³-hybridized carbons (Fsp3) is 0.391. The maximum absolute atomic E-state index is 12.7. The zero-order valence-electron chi connectivity index (χ0n) is 18.0. The molecule has 1 N–H and O–H groups in total. The van der Waals surface area contributed by atoms with Crippen LogP contribution in [0.15, 0.2) is 42.6 Å². The summed E-state index contributed by atoms with van der Waals surface area (Å²) in [5.41, 5.74) is 2.02. The standard InChI is InChI=1S/C23H26ClN7O/c1-25-13-22(32)30-14-17-12-18(24)5-6-19(17)31-21(15-30)27-28-23(31)16-7-10-29(11-8-16)20-4-2-3-9-26-20/h2-6,9,12,16,25H,7-8,10-11,13-15H2,1H3. The largest absolute Gasteiger partial charge is 0.357 e. The molecule has 2 aromatic heterocycles. The van der Waals surface area contributed by atoms with Crippen molar-refractivity contribution in [1.82, 2.24) is 30.0 Å². The number of benzene rings is 1. The van der Waals surface area contributed by atoms with Crippen molar-refractivity contribution in [2.45, 2.75) is 31.8 Å². The van der Waals surface area contributed by atoms with E-state index in [1.54, 1.807) is 7.05 Å². The van der Waals surface area contributed by atoms with Crippen LogP contribution >= 0.6 is 11.6 Å². The first-order valence-electron chi connectivity index (χ1n) is 11.0. The lowest BCUT2D eigenvalue weighted by Crippen LogP contribution is -2.36. The van der Waals surface area contributed by atoms with Crippen LogP contribution in [0.4, 0.5) is 5.82 Å². The van der Waals surface area contributed by atoms with E-state index in [0.29, 0.717) is 24.0 Å². The highest BCUT2D eigenvalue weighted by Gasteiger charge is 2.31. The monoisotopic (exact) mass is 451 g/mol. The van der Waals surface area contributed by atoms with E-state index in [4.69, 9.17) is 11.6 Å². The number of pyridine rings is 1. The van der Waals surface area contributed by atoms with Gasteiger partial charge in [-0.15, -0.1) is 10.2 Å². The Balaban J connectivity index is 1.46. The summed E-state index contributed by atoms with van der Waals surface area (Å²) in [4.78, 5) is 21.3. The highest BCUT2D eigenvalue weighted by atomic mass is 35.5. The summed E-state index contributed by atoms with van der Waals surface area (Å²) in [7, 11) is 1.78. The van der Waals surface area contributed by atoms with Gasteiger partial charge in [0, 0.05) is 36.8 Å². The van der Waals surface area contributed by atoms with Gasteiger partial charge in [0.2, 0.25) is 5.91 Å². The van der Waals surface area contributed by atoms with Crippen molar-refractivity contribution < 1.29 is 4.79 Å². The van der Waals surface area contributed by atoms with Crippen molar-refractivity contribution in [3.63, 3.8) is 0 Å². The third-order valence-corrected chi connectivity index (χ3v) is 6.48. The van der Waals surface area contributed by atoms with E-state index < -0.39 is 0 Å². The van der Waals surface area contributed by atoms with E-state index in [2.05, 4.69) is 36.0 Å². The molecule has 0 spiro atoms. The maximum Gasteiger partial charge on any atom is 0.237 e. The summed E-state index contributed by atoms with van der Waals surface area (Å²) in [5, 5.41) is 12.7. The third kappa shape index (κ3) is 3.96. The van der Waals surface area contributed by atoms with Crippen molar-refractivity contribution in [1.29, 1.82) is 0 Å². The van der Waals surface area contributed by atoms with Crippen molar-refractivity contribution in [3.05, 3.63) is 64.8 Å². The van der Waals surface area contributed by atoms with Gasteiger partial charge in [-0.05, 0) is 55.8 Å². The number of piperidine rings is 1. The molecule has 8 nitrogen and oxygen atoms in total. The highest BCUT2D eigenvalue weighted by molar-refractivity contribution is 6.30. The number of anilines is 1. The van der Waals surface area contributed by atoms with Gasteiger partial charge in [-0.1, -0.05) is 17.7 Å². The van der Waals surface area contributed by atoms with E-state index in [9.17, 15) is 4.79 Å². The molecule has 0 aliphatic carbocycles. The number of aromatic nitrogens is 4. The SMILES string of the molecule is CNCC(=O)N1Cc2cc(Cl)ccc2-n2c(nnc2C2CCN(c3ccccn3)CC2)C1. The van der Waals surface area contributed by atoms with E-state index in [-0.39, 0.29) is 12.5 Å². The van der Waals surface area contributed by atoms with Gasteiger partial charge in [0.15, 0.2) is 5.82 Å². The Labute approximate surface area is 192 Å². The summed E-state index contributed by atoms with van der Waals surface area (Å²) >= 11 is 6.31. The quantitative estimate of drug-likeness (QED) is 0.657. The summed E-state index contributed by atoms with van der Waals surface area (Å²) in [6.07, 6.45) is 3.78. The molecule has 166 valence electrons. The molecule has 0 saturated carbocycles. The topological polar surface area (TPSA) is 79.2 Å². The first-order valence-corrected chi connectivity index (χ1v) is 11.3. The van der Waals surface area contributed by atoms with E-state index in [0.717, 1.165) is 54.6 Å². The number of fused-ring (bicyclic) bond motifs is 3. The van der Waals surface area contributed by atoms with Crippen LogP contribution in [-0.4, -0.2) is 57.2 Å². The molecular weight excluding hydrogens is 426 g/mol. The second-order valence-corrected chi connectivity index (χ2v) is 8.75. The van der Waals surface area contributed by atoms with E-state index in [1.807, 2.05) is 41.4 Å². The summed E-state index contributed by atoms with van der Waals surface area (Å²) in [5.74, 6) is 3.09. The fourth-order valence-corrected chi connectivity index (χ4v) is 4.83. The van der Waals surface area contributed by atoms with Crippen LogP contribution < -0.4 is 10.2 Å². The molecule has 4 heterocycles. The molecule has 1 amide bonds. The predicted molar refractivity (Wildman–Crippen MR) is 123 cm³/mol. The summed E-state index contributed by atoms with van der Waals surface area (Å²) in [6, 6.07) is 11.9. The minimum Gasteiger partial charge on any atom is -0.357 e. The Morgan fingerprint density at radius 2 is 2.00 bits per heavy atom. The van der Waals surface area contributed by atoms with Crippen molar-refractivity contribution >= 4 is 23.3 Å². The van der Waals surface area contributed by atoms with Gasteiger partial charge in [0.1, 0.15) is 11.6 Å². The average molecular weight is 452 g/mol. The summed E-state index contributed by atoms with van der Waals surface area (Å²) in [6.45, 7) is 3.04. The van der Waals surface area contributed by atoms with E-state index in [1.165, 1.54) is 0 Å². The van der Waals surface area contributed by atoms with Gasteiger partial charge in [-0.3, -0.25) is 9.36 Å². The minimum atomic E-state index is 0.0279. The molecule has 32 heavy (non-hydrogen) atoms. The van der Waals surface area contributed by atoms with E-state index >= 15 is 0 Å². The van der Waals surface area contributed by atoms with Crippen molar-refractivity contribution in [2.75, 3.05) is 31.6 Å². The number of hydrogen-bond donors (Lipinski definition) is 1. The number of hydrogen-bond acceptors (Lipinski definition) is 6. The maximum atomic E-state index is 12.7. The highest BCUT2D eigenvalue weighted by Crippen LogP contribution is 2.34. The lowest BCUT2D eigenvalue weighted by atomic mass is 9.95. The normalized spacial score (nSPS) is 16.4. The van der Waals surface area contributed by atoms with Gasteiger partial charge in [0.05, 0.1) is 18.8 Å². The number of likely N-dealkylation sites (N-methyl/N-ethyl adjacent to an activating group) is 1. The van der Waals surface area contributed by atoms with Gasteiger partial charge in [-0.2, -0.15) is 0 Å². The van der Waals surface area contributed by atoms with Crippen LogP contribution in [0.5, 0.6) is 0 Å². The molecule has 0 radical (unpaired) electrons. The fourth-order valence-electron chi connectivity index (χ4n) is 4.64. The predicted octanol–water partition coefficient (Wildman–Crippen LogP) is 2.76. The molecular formula is C23H26ClN7O. The molecule has 2 aliphatic rings. The number of carbonyl (C=O) groups is 1. The van der Waals surface area contributed by atoms with Crippen LogP contribution in [0.1, 0.15) is 36.0 Å². The number of nitrogens with one attached hydrogen (secondary N) is 1. The van der Waals surface area contributed by atoms with Crippen LogP contribution in [0.25, 0.3) is 5.69 Å². The summed E-state index contributed by atoms with van der Waals surface area (Å²) < 4.78 is 2.15. The van der Waals surface area contributed by atoms with Gasteiger partial charge >= 0.3 is 0 Å². The number of amides is 1. The molecule has 0 atom stereocenters. The molecule has 1 saturated heterocycles. The molecule has 2 aliphatic heterocycles. The zero-order chi connectivity index (χ0) is 22.1. The second kappa shape index (κ2) is 8.88. The minimum absolute atomic E-state index is 0.0279. The molecule has 5 rings (SSSR count). The number of rotatable bonds is 4. The van der Waals surface area contributed by atoms with Gasteiger partial charge in [0.25, 0.3) is 0 Å². The van der Waals surface area contributed by atoms with Crippen LogP contribution in [0.2, 0.25) is 5.02 Å². The molecule has 3 aromatic rings. The molecule has 1 fully saturated rings. The zero-order valence-corrected chi connectivity index (χ0v) is 18.8. The molecule has 9 heteroatoms. The molecule has 0 bridgehead atoms. The third-order valence-electron chi connectivity index (χ3n) is 6.25. The Morgan fingerprint density at radius 1 is 1.16 bits per heavy atom. The van der Waals surface area contributed by atoms with Crippen LogP contribution in [-0.2, 0) is 17.9 Å². The Bertz CT molecular complexity index is 1110. The average Bonchev–Trinajstić information content (AvgIpc) is 3.15. The molecule has 1 aromatic carbocycles. The van der Waals surface area contributed by atoms with Crippen LogP contribution in [0.3, 0.4) is 0 Å². The first-order chi connectivity index (χ1) is 15.6. The van der Waals surface area contributed by atoms with Crippen LogP contribution in [0, 0.1) is 0 Å². The smallest absolute Gasteiger partial charge is 0.237 e. The van der Waals surface area contributed by atoms with Gasteiger partial charge < -0.3 is 15.1 Å². The van der Waals surface area contributed by atoms with Crippen molar-refractivity contribution in [2.24, 2.45) is 0 Å². The number of nitrogens with zero attached hydrogens (tertiary/aromatic N) is 6. The second-order valence-electron chi connectivity index (χ2n) is 8.31. The number of halogens is 1. The van der Waals surface area contributed by atoms with Gasteiger partial charge in [-0.25, -0.2) is 4.98 Å². The van der Waals surface area contributed by atoms with Crippen molar-refractivity contribution in [3.8, 4) is 5.69 Å².